The van der Waals surface area contributed by atoms with E-state index in [4.69, 9.17) is 10.5 Å². The number of ether oxygens (including phenoxy) is 1. The van der Waals surface area contributed by atoms with E-state index in [0.717, 1.165) is 25.3 Å². The average molecular weight is 224 g/mol. The molecule has 0 aromatic carbocycles. The number of piperidine rings is 1. The SMILES string of the molecule is CC1(N2C3CCC2CC(N)C3)CCCOC1. The van der Waals surface area contributed by atoms with Crippen LogP contribution in [-0.4, -0.2) is 41.8 Å². The van der Waals surface area contributed by atoms with Crippen LogP contribution in [0.4, 0.5) is 0 Å². The van der Waals surface area contributed by atoms with Gasteiger partial charge in [0.25, 0.3) is 0 Å². The van der Waals surface area contributed by atoms with Crippen molar-refractivity contribution in [1.82, 2.24) is 4.90 Å². The summed E-state index contributed by atoms with van der Waals surface area (Å²) < 4.78 is 5.72. The molecule has 16 heavy (non-hydrogen) atoms. The lowest BCUT2D eigenvalue weighted by molar-refractivity contribution is -0.0749. The Balaban J connectivity index is 1.79. The largest absolute Gasteiger partial charge is 0.380 e. The average Bonchev–Trinajstić information content (AvgIpc) is 2.54. The Hall–Kier alpha value is -0.120. The summed E-state index contributed by atoms with van der Waals surface area (Å²) in [7, 11) is 0. The summed E-state index contributed by atoms with van der Waals surface area (Å²) in [6, 6.07) is 1.92. The zero-order valence-electron chi connectivity index (χ0n) is 10.3. The highest BCUT2D eigenvalue weighted by Gasteiger charge is 2.48. The molecule has 3 unspecified atom stereocenters. The van der Waals surface area contributed by atoms with Crippen LogP contribution in [0.5, 0.6) is 0 Å². The van der Waals surface area contributed by atoms with Crippen LogP contribution in [0.2, 0.25) is 0 Å². The van der Waals surface area contributed by atoms with Crippen LogP contribution < -0.4 is 5.73 Å². The highest BCUT2D eigenvalue weighted by Crippen LogP contribution is 2.42. The number of hydrogen-bond acceptors (Lipinski definition) is 3. The second-order valence-corrected chi connectivity index (χ2v) is 6.18. The minimum absolute atomic E-state index is 0.296. The van der Waals surface area contributed by atoms with E-state index in [1.165, 1.54) is 38.5 Å². The maximum absolute atomic E-state index is 6.13. The van der Waals surface area contributed by atoms with Crippen molar-refractivity contribution < 1.29 is 4.74 Å². The van der Waals surface area contributed by atoms with Gasteiger partial charge in [0.1, 0.15) is 0 Å². The van der Waals surface area contributed by atoms with Crippen molar-refractivity contribution in [3.8, 4) is 0 Å². The highest BCUT2D eigenvalue weighted by atomic mass is 16.5. The lowest BCUT2D eigenvalue weighted by Gasteiger charge is -2.50. The quantitative estimate of drug-likeness (QED) is 0.734. The molecule has 3 heterocycles. The summed E-state index contributed by atoms with van der Waals surface area (Å²) in [5.74, 6) is 0. The van der Waals surface area contributed by atoms with Crippen molar-refractivity contribution in [2.24, 2.45) is 5.73 Å². The van der Waals surface area contributed by atoms with E-state index >= 15 is 0 Å². The summed E-state index contributed by atoms with van der Waals surface area (Å²) in [5, 5.41) is 0. The first-order valence-corrected chi connectivity index (χ1v) is 6.81. The Kier molecular flexibility index (Phi) is 2.73. The smallest absolute Gasteiger partial charge is 0.0647 e. The van der Waals surface area contributed by atoms with Gasteiger partial charge in [0.05, 0.1) is 6.61 Å². The molecule has 0 aromatic heterocycles. The first-order valence-electron chi connectivity index (χ1n) is 6.81. The topological polar surface area (TPSA) is 38.5 Å². The van der Waals surface area contributed by atoms with Gasteiger partial charge in [-0.05, 0) is 45.4 Å². The molecule has 92 valence electrons. The molecule has 3 fully saturated rings. The molecule has 0 spiro atoms. The van der Waals surface area contributed by atoms with Crippen LogP contribution in [0, 0.1) is 0 Å². The molecule has 0 radical (unpaired) electrons. The predicted octanol–water partition coefficient (Wildman–Crippen LogP) is 1.51. The summed E-state index contributed by atoms with van der Waals surface area (Å²) in [6.45, 7) is 4.28. The van der Waals surface area contributed by atoms with E-state index in [0.29, 0.717) is 11.6 Å². The zero-order chi connectivity index (χ0) is 11.2. The van der Waals surface area contributed by atoms with Gasteiger partial charge < -0.3 is 10.5 Å². The second-order valence-electron chi connectivity index (χ2n) is 6.18. The third-order valence-electron chi connectivity index (χ3n) is 4.81. The monoisotopic (exact) mass is 224 g/mol. The molecule has 0 aliphatic carbocycles. The maximum Gasteiger partial charge on any atom is 0.0647 e. The van der Waals surface area contributed by atoms with Gasteiger partial charge in [-0.15, -0.1) is 0 Å². The minimum atomic E-state index is 0.296. The van der Waals surface area contributed by atoms with Crippen molar-refractivity contribution in [3.63, 3.8) is 0 Å². The van der Waals surface area contributed by atoms with Gasteiger partial charge in [-0.2, -0.15) is 0 Å². The lowest BCUT2D eigenvalue weighted by atomic mass is 9.86. The minimum Gasteiger partial charge on any atom is -0.380 e. The molecule has 3 aliphatic heterocycles. The van der Waals surface area contributed by atoms with E-state index in [1.54, 1.807) is 0 Å². The molecule has 3 rings (SSSR count). The van der Waals surface area contributed by atoms with Crippen molar-refractivity contribution in [2.75, 3.05) is 13.2 Å². The van der Waals surface area contributed by atoms with Crippen LogP contribution in [0.1, 0.15) is 45.4 Å². The van der Waals surface area contributed by atoms with E-state index < -0.39 is 0 Å². The van der Waals surface area contributed by atoms with Crippen LogP contribution in [-0.2, 0) is 4.74 Å². The van der Waals surface area contributed by atoms with Crippen LogP contribution >= 0.6 is 0 Å². The fourth-order valence-corrected chi connectivity index (χ4v) is 4.22. The number of nitrogens with zero attached hydrogens (tertiary/aromatic N) is 1. The molecule has 3 saturated heterocycles. The van der Waals surface area contributed by atoms with Crippen molar-refractivity contribution in [1.29, 1.82) is 0 Å². The fraction of sp³-hybridized carbons (Fsp3) is 1.00. The standard InChI is InChI=1S/C13H24N2O/c1-13(5-2-6-16-9-13)15-11-3-4-12(15)8-10(14)7-11/h10-12H,2-9,14H2,1H3. The summed E-state index contributed by atoms with van der Waals surface area (Å²) >= 11 is 0. The fourth-order valence-electron chi connectivity index (χ4n) is 4.22. The second kappa shape index (κ2) is 3.97. The Morgan fingerprint density at radius 3 is 2.50 bits per heavy atom. The zero-order valence-corrected chi connectivity index (χ0v) is 10.3. The van der Waals surface area contributed by atoms with Crippen molar-refractivity contribution in [2.45, 2.75) is 69.1 Å². The highest BCUT2D eigenvalue weighted by molar-refractivity contribution is 5.04. The number of rotatable bonds is 1. The Morgan fingerprint density at radius 2 is 1.94 bits per heavy atom. The third-order valence-corrected chi connectivity index (χ3v) is 4.81. The Labute approximate surface area is 98.3 Å². The molecule has 0 saturated carbocycles. The van der Waals surface area contributed by atoms with Crippen molar-refractivity contribution >= 4 is 0 Å². The first kappa shape index (κ1) is 11.0. The van der Waals surface area contributed by atoms with Gasteiger partial charge in [-0.3, -0.25) is 4.90 Å². The first-order chi connectivity index (χ1) is 7.69. The molecule has 0 aromatic rings. The molecular formula is C13H24N2O. The van der Waals surface area contributed by atoms with Gasteiger partial charge in [-0.25, -0.2) is 0 Å². The van der Waals surface area contributed by atoms with Gasteiger partial charge in [0.2, 0.25) is 0 Å². The van der Waals surface area contributed by atoms with Crippen LogP contribution in [0.25, 0.3) is 0 Å². The van der Waals surface area contributed by atoms with E-state index in [1.807, 2.05) is 0 Å². The van der Waals surface area contributed by atoms with Crippen LogP contribution in [0.3, 0.4) is 0 Å². The van der Waals surface area contributed by atoms with E-state index in [2.05, 4.69) is 11.8 Å². The van der Waals surface area contributed by atoms with Gasteiger partial charge in [0, 0.05) is 30.3 Å². The Morgan fingerprint density at radius 1 is 1.25 bits per heavy atom. The summed E-state index contributed by atoms with van der Waals surface area (Å²) in [4.78, 5) is 2.77. The molecular weight excluding hydrogens is 200 g/mol. The molecule has 3 heteroatoms. The molecule has 3 aliphatic rings. The summed E-state index contributed by atoms with van der Waals surface area (Å²) in [5.41, 5.74) is 6.43. The molecule has 3 nitrogen and oxygen atoms in total. The molecule has 2 N–H and O–H groups in total. The van der Waals surface area contributed by atoms with E-state index in [-0.39, 0.29) is 0 Å². The normalized spacial score (nSPS) is 49.5. The number of fused-ring (bicyclic) bond motifs is 2. The maximum atomic E-state index is 6.13. The number of nitrogens with two attached hydrogens (primary N) is 1. The molecule has 0 amide bonds. The molecule has 2 bridgehead atoms. The predicted molar refractivity (Wildman–Crippen MR) is 64.3 cm³/mol. The lowest BCUT2D eigenvalue weighted by Crippen LogP contribution is -2.60. The van der Waals surface area contributed by atoms with Crippen molar-refractivity contribution in [3.05, 3.63) is 0 Å². The van der Waals surface area contributed by atoms with Gasteiger partial charge in [-0.1, -0.05) is 0 Å². The van der Waals surface area contributed by atoms with Gasteiger partial charge >= 0.3 is 0 Å². The summed E-state index contributed by atoms with van der Waals surface area (Å²) in [6.07, 6.45) is 7.63. The molecule has 3 atom stereocenters. The van der Waals surface area contributed by atoms with Gasteiger partial charge in [0.15, 0.2) is 0 Å². The Bertz CT molecular complexity index is 249. The number of hydrogen-bond donors (Lipinski definition) is 1. The van der Waals surface area contributed by atoms with Crippen LogP contribution in [0.15, 0.2) is 0 Å². The van der Waals surface area contributed by atoms with E-state index in [9.17, 15) is 0 Å². The third kappa shape index (κ3) is 1.69.